The Balaban J connectivity index is 1.90. The van der Waals surface area contributed by atoms with Crippen molar-refractivity contribution in [2.75, 3.05) is 11.9 Å². The van der Waals surface area contributed by atoms with E-state index in [2.05, 4.69) is 22.7 Å². The van der Waals surface area contributed by atoms with Crippen LogP contribution in [0.15, 0.2) is 42.7 Å². The molecule has 5 heteroatoms. The summed E-state index contributed by atoms with van der Waals surface area (Å²) in [4.78, 5) is 12.0. The Morgan fingerprint density at radius 2 is 2.15 bits per heavy atom. The van der Waals surface area contributed by atoms with Crippen LogP contribution in [0.5, 0.6) is 0 Å². The van der Waals surface area contributed by atoms with Crippen molar-refractivity contribution in [3.8, 4) is 0 Å². The molecule has 5 nitrogen and oxygen atoms in total. The molecule has 1 aromatic carbocycles. The number of amides is 1. The molecule has 2 rings (SSSR count). The summed E-state index contributed by atoms with van der Waals surface area (Å²) in [5.41, 5.74) is 1.97. The minimum Gasteiger partial charge on any atom is -0.326 e. The Morgan fingerprint density at radius 1 is 1.30 bits per heavy atom. The molecule has 0 aliphatic heterocycles. The highest BCUT2D eigenvalue weighted by atomic mass is 16.1. The molecule has 0 radical (unpaired) electrons. The van der Waals surface area contributed by atoms with Gasteiger partial charge >= 0.3 is 0 Å². The van der Waals surface area contributed by atoms with Crippen LogP contribution < -0.4 is 10.6 Å². The van der Waals surface area contributed by atoms with E-state index in [1.165, 1.54) is 0 Å². The van der Waals surface area contributed by atoms with E-state index in [-0.39, 0.29) is 5.91 Å². The topological polar surface area (TPSA) is 58.9 Å². The fourth-order valence-corrected chi connectivity index (χ4v) is 1.92. The van der Waals surface area contributed by atoms with Crippen molar-refractivity contribution in [2.24, 2.45) is 0 Å². The number of nitrogens with one attached hydrogen (secondary N) is 2. The largest absolute Gasteiger partial charge is 0.326 e. The maximum Gasteiger partial charge on any atom is 0.226 e. The number of benzene rings is 1. The third kappa shape index (κ3) is 4.20. The molecule has 2 N–H and O–H groups in total. The third-order valence-electron chi connectivity index (χ3n) is 2.98. The van der Waals surface area contributed by atoms with E-state index in [1.807, 2.05) is 36.5 Å². The molecule has 106 valence electrons. The molecule has 0 fully saturated rings. The van der Waals surface area contributed by atoms with Crippen LogP contribution in [0.2, 0.25) is 0 Å². The predicted molar refractivity (Wildman–Crippen MR) is 79.3 cm³/mol. The fourth-order valence-electron chi connectivity index (χ4n) is 1.92. The van der Waals surface area contributed by atoms with Gasteiger partial charge in [0.05, 0.1) is 0 Å². The van der Waals surface area contributed by atoms with Crippen LogP contribution in [-0.4, -0.2) is 22.2 Å². The van der Waals surface area contributed by atoms with Crippen LogP contribution in [-0.2, 0) is 17.9 Å². The van der Waals surface area contributed by atoms with Gasteiger partial charge in [0.1, 0.15) is 0 Å². The number of rotatable bonds is 7. The highest BCUT2D eigenvalue weighted by Crippen LogP contribution is 2.15. The molecule has 0 aliphatic carbocycles. The van der Waals surface area contributed by atoms with Gasteiger partial charge in [0, 0.05) is 37.6 Å². The summed E-state index contributed by atoms with van der Waals surface area (Å²) in [7, 11) is 0. The van der Waals surface area contributed by atoms with Crippen molar-refractivity contribution >= 4 is 11.6 Å². The van der Waals surface area contributed by atoms with Gasteiger partial charge in [-0.05, 0) is 24.2 Å². The monoisotopic (exact) mass is 272 g/mol. The first-order valence-corrected chi connectivity index (χ1v) is 6.85. The van der Waals surface area contributed by atoms with E-state index in [1.54, 1.807) is 10.9 Å². The minimum atomic E-state index is 0.00412. The van der Waals surface area contributed by atoms with E-state index >= 15 is 0 Å². The van der Waals surface area contributed by atoms with Gasteiger partial charge in [0.15, 0.2) is 0 Å². The third-order valence-corrected chi connectivity index (χ3v) is 2.98. The van der Waals surface area contributed by atoms with Crippen LogP contribution in [0, 0.1) is 0 Å². The zero-order valence-electron chi connectivity index (χ0n) is 11.7. The number of aryl methyl sites for hydroxylation is 1. The quantitative estimate of drug-likeness (QED) is 0.810. The lowest BCUT2D eigenvalue weighted by Gasteiger charge is -2.11. The smallest absolute Gasteiger partial charge is 0.226 e. The van der Waals surface area contributed by atoms with Gasteiger partial charge in [-0.3, -0.25) is 9.48 Å². The van der Waals surface area contributed by atoms with Gasteiger partial charge in [-0.15, -0.1) is 0 Å². The van der Waals surface area contributed by atoms with E-state index in [9.17, 15) is 4.79 Å². The second-order valence-corrected chi connectivity index (χ2v) is 4.50. The summed E-state index contributed by atoms with van der Waals surface area (Å²) in [6.45, 7) is 4.31. The molecule has 0 saturated carbocycles. The van der Waals surface area contributed by atoms with Gasteiger partial charge in [0.2, 0.25) is 5.91 Å². The summed E-state index contributed by atoms with van der Waals surface area (Å²) in [6, 6.07) is 9.71. The molecule has 2 aromatic rings. The van der Waals surface area contributed by atoms with Crippen molar-refractivity contribution < 1.29 is 4.79 Å². The van der Waals surface area contributed by atoms with E-state index in [0.717, 1.165) is 24.3 Å². The van der Waals surface area contributed by atoms with Crippen LogP contribution in [0.3, 0.4) is 0 Å². The average molecular weight is 272 g/mol. The van der Waals surface area contributed by atoms with Crippen molar-refractivity contribution in [3.05, 3.63) is 48.3 Å². The number of aromatic nitrogens is 2. The molecule has 1 aromatic heterocycles. The molecule has 0 spiro atoms. The standard InChI is InChI=1S/C15H20N4O/c1-2-16-12-13-6-3-4-7-14(13)18-15(20)8-11-19-10-5-9-17-19/h3-7,9-10,16H,2,8,11-12H2,1H3,(H,18,20). The van der Waals surface area contributed by atoms with Crippen LogP contribution in [0.4, 0.5) is 5.69 Å². The van der Waals surface area contributed by atoms with Crippen LogP contribution in [0.1, 0.15) is 18.9 Å². The number of anilines is 1. The summed E-state index contributed by atoms with van der Waals surface area (Å²) in [5.74, 6) is 0.00412. The number of hydrogen-bond donors (Lipinski definition) is 2. The Kier molecular flexibility index (Phi) is 5.32. The van der Waals surface area contributed by atoms with Crippen molar-refractivity contribution in [3.63, 3.8) is 0 Å². The Labute approximate surface area is 119 Å². The zero-order chi connectivity index (χ0) is 14.2. The molecular formula is C15H20N4O. The molecule has 20 heavy (non-hydrogen) atoms. The minimum absolute atomic E-state index is 0.00412. The molecule has 1 amide bonds. The number of carbonyl (C=O) groups is 1. The molecule has 0 atom stereocenters. The summed E-state index contributed by atoms with van der Waals surface area (Å²) in [5, 5.41) is 10.3. The lowest BCUT2D eigenvalue weighted by Crippen LogP contribution is -2.18. The molecule has 0 bridgehead atoms. The number of hydrogen-bond acceptors (Lipinski definition) is 3. The molecule has 0 saturated heterocycles. The van der Waals surface area contributed by atoms with Gasteiger partial charge in [0.25, 0.3) is 0 Å². The van der Waals surface area contributed by atoms with Gasteiger partial charge in [-0.2, -0.15) is 5.10 Å². The Morgan fingerprint density at radius 3 is 2.90 bits per heavy atom. The zero-order valence-corrected chi connectivity index (χ0v) is 11.7. The number of para-hydroxylation sites is 1. The van der Waals surface area contributed by atoms with Crippen molar-refractivity contribution in [2.45, 2.75) is 26.4 Å². The Hall–Kier alpha value is -2.14. The number of carbonyl (C=O) groups excluding carboxylic acids is 1. The molecule has 0 aliphatic rings. The predicted octanol–water partition coefficient (Wildman–Crippen LogP) is 2.02. The first kappa shape index (κ1) is 14.3. The maximum absolute atomic E-state index is 12.0. The summed E-state index contributed by atoms with van der Waals surface area (Å²) < 4.78 is 1.75. The first-order valence-electron chi connectivity index (χ1n) is 6.85. The second kappa shape index (κ2) is 7.45. The number of nitrogens with zero attached hydrogens (tertiary/aromatic N) is 2. The van der Waals surface area contributed by atoms with Crippen LogP contribution >= 0.6 is 0 Å². The highest BCUT2D eigenvalue weighted by molar-refractivity contribution is 5.91. The molecular weight excluding hydrogens is 252 g/mol. The van der Waals surface area contributed by atoms with Gasteiger partial charge in [-0.1, -0.05) is 25.1 Å². The molecule has 1 heterocycles. The summed E-state index contributed by atoms with van der Waals surface area (Å²) in [6.07, 6.45) is 3.98. The van der Waals surface area contributed by atoms with Crippen LogP contribution in [0.25, 0.3) is 0 Å². The summed E-state index contributed by atoms with van der Waals surface area (Å²) >= 11 is 0. The van der Waals surface area contributed by atoms with Crippen molar-refractivity contribution in [1.82, 2.24) is 15.1 Å². The maximum atomic E-state index is 12.0. The average Bonchev–Trinajstić information content (AvgIpc) is 2.97. The normalized spacial score (nSPS) is 10.4. The molecule has 0 unspecified atom stereocenters. The van der Waals surface area contributed by atoms with E-state index in [0.29, 0.717) is 13.0 Å². The first-order chi connectivity index (χ1) is 9.79. The fraction of sp³-hybridized carbons (Fsp3) is 0.333. The van der Waals surface area contributed by atoms with E-state index < -0.39 is 0 Å². The lowest BCUT2D eigenvalue weighted by atomic mass is 10.1. The van der Waals surface area contributed by atoms with E-state index in [4.69, 9.17) is 0 Å². The van der Waals surface area contributed by atoms with Gasteiger partial charge < -0.3 is 10.6 Å². The SMILES string of the molecule is CCNCc1ccccc1NC(=O)CCn1cccn1. The Bertz CT molecular complexity index is 537. The second-order valence-electron chi connectivity index (χ2n) is 4.50. The lowest BCUT2D eigenvalue weighted by molar-refractivity contribution is -0.116. The van der Waals surface area contributed by atoms with Crippen molar-refractivity contribution in [1.29, 1.82) is 0 Å². The highest BCUT2D eigenvalue weighted by Gasteiger charge is 2.06. The van der Waals surface area contributed by atoms with Gasteiger partial charge in [-0.25, -0.2) is 0 Å².